The molecule has 0 saturated carbocycles. The summed E-state index contributed by atoms with van der Waals surface area (Å²) in [6, 6.07) is 4.06. The van der Waals surface area contributed by atoms with Gasteiger partial charge in [0, 0.05) is 44.0 Å². The maximum Gasteiger partial charge on any atom is 0.242 e. The summed E-state index contributed by atoms with van der Waals surface area (Å²) in [7, 11) is 1.88. The molecule has 1 saturated heterocycles. The van der Waals surface area contributed by atoms with Gasteiger partial charge in [-0.05, 0) is 32.3 Å². The average Bonchev–Trinajstić information content (AvgIpc) is 3.13. The van der Waals surface area contributed by atoms with Crippen molar-refractivity contribution >= 4 is 5.91 Å². The minimum absolute atomic E-state index is 0.0639. The summed E-state index contributed by atoms with van der Waals surface area (Å²) >= 11 is 0. The fourth-order valence-corrected chi connectivity index (χ4v) is 3.25. The van der Waals surface area contributed by atoms with Crippen LogP contribution in [0, 0.1) is 16.7 Å². The standard InChI is InChI=1S/C19H24N6O/c1-4-19(2,13-20)18(26)25-9-6-14(7-10-25)17-21-8-5-16(23-17)15-11-22-24(3)12-15/h5,8,11-12,14H,4,6-7,9-10H2,1-3H3. The van der Waals surface area contributed by atoms with Gasteiger partial charge in [0.15, 0.2) is 0 Å². The number of hydrogen-bond acceptors (Lipinski definition) is 5. The number of aromatic nitrogens is 4. The monoisotopic (exact) mass is 352 g/mol. The summed E-state index contributed by atoms with van der Waals surface area (Å²) in [5.41, 5.74) is 0.907. The Labute approximate surface area is 153 Å². The van der Waals surface area contributed by atoms with Crippen molar-refractivity contribution in [3.05, 3.63) is 30.5 Å². The van der Waals surface area contributed by atoms with E-state index in [9.17, 15) is 10.1 Å². The van der Waals surface area contributed by atoms with Crippen LogP contribution in [0.4, 0.5) is 0 Å². The van der Waals surface area contributed by atoms with Crippen LogP contribution in [0.25, 0.3) is 11.3 Å². The molecule has 1 amide bonds. The SMILES string of the molecule is CCC(C)(C#N)C(=O)N1CCC(c2nccc(-c3cnn(C)c3)n2)CC1. The lowest BCUT2D eigenvalue weighted by atomic mass is 9.86. The molecule has 3 rings (SSSR count). The van der Waals surface area contributed by atoms with Gasteiger partial charge in [-0.2, -0.15) is 10.4 Å². The first-order valence-electron chi connectivity index (χ1n) is 8.99. The Morgan fingerprint density at radius 3 is 2.73 bits per heavy atom. The van der Waals surface area contributed by atoms with Gasteiger partial charge in [-0.1, -0.05) is 6.92 Å². The first kappa shape index (κ1) is 18.1. The predicted molar refractivity (Wildman–Crippen MR) is 96.8 cm³/mol. The summed E-state index contributed by atoms with van der Waals surface area (Å²) in [6.45, 7) is 4.88. The van der Waals surface area contributed by atoms with Crippen LogP contribution >= 0.6 is 0 Å². The van der Waals surface area contributed by atoms with Gasteiger partial charge in [0.25, 0.3) is 0 Å². The van der Waals surface area contributed by atoms with Crippen LogP contribution in [0.5, 0.6) is 0 Å². The van der Waals surface area contributed by atoms with Crippen LogP contribution in [0.2, 0.25) is 0 Å². The summed E-state index contributed by atoms with van der Waals surface area (Å²) in [5, 5.41) is 13.5. The molecule has 1 atom stereocenters. The number of rotatable bonds is 4. The second-order valence-electron chi connectivity index (χ2n) is 7.07. The minimum Gasteiger partial charge on any atom is -0.341 e. The first-order valence-corrected chi connectivity index (χ1v) is 8.99. The molecule has 2 aromatic heterocycles. The first-order chi connectivity index (χ1) is 12.5. The number of carbonyl (C=O) groups is 1. The number of amides is 1. The van der Waals surface area contributed by atoms with E-state index in [-0.39, 0.29) is 11.8 Å². The molecule has 7 heteroatoms. The van der Waals surface area contributed by atoms with E-state index in [0.717, 1.165) is 29.9 Å². The van der Waals surface area contributed by atoms with E-state index >= 15 is 0 Å². The number of hydrogen-bond donors (Lipinski definition) is 0. The summed E-state index contributed by atoms with van der Waals surface area (Å²) in [6.07, 6.45) is 7.66. The van der Waals surface area contributed by atoms with Crippen LogP contribution in [0.3, 0.4) is 0 Å². The molecule has 7 nitrogen and oxygen atoms in total. The highest BCUT2D eigenvalue weighted by atomic mass is 16.2. The quantitative estimate of drug-likeness (QED) is 0.844. The van der Waals surface area contributed by atoms with Crippen molar-refractivity contribution in [2.45, 2.75) is 39.0 Å². The van der Waals surface area contributed by atoms with Crippen LogP contribution in [0.15, 0.2) is 24.7 Å². The number of carbonyl (C=O) groups excluding carboxylic acids is 1. The molecule has 1 aliphatic heterocycles. The van der Waals surface area contributed by atoms with Gasteiger partial charge in [-0.25, -0.2) is 9.97 Å². The van der Waals surface area contributed by atoms with E-state index in [2.05, 4.69) is 16.2 Å². The van der Waals surface area contributed by atoms with Gasteiger partial charge < -0.3 is 4.90 Å². The minimum atomic E-state index is -0.927. The average molecular weight is 352 g/mol. The smallest absolute Gasteiger partial charge is 0.242 e. The second-order valence-corrected chi connectivity index (χ2v) is 7.07. The maximum atomic E-state index is 12.6. The highest BCUT2D eigenvalue weighted by Gasteiger charge is 2.37. The van der Waals surface area contributed by atoms with Crippen molar-refractivity contribution in [2.75, 3.05) is 13.1 Å². The summed E-state index contributed by atoms with van der Waals surface area (Å²) in [5.74, 6) is 0.980. The Morgan fingerprint density at radius 2 is 2.15 bits per heavy atom. The molecular weight excluding hydrogens is 328 g/mol. The Balaban J connectivity index is 1.69. The van der Waals surface area contributed by atoms with Gasteiger partial charge in [0.1, 0.15) is 11.2 Å². The predicted octanol–water partition coefficient (Wildman–Crippen LogP) is 2.52. The molecule has 1 fully saturated rings. The Morgan fingerprint density at radius 1 is 1.42 bits per heavy atom. The number of likely N-dealkylation sites (tertiary alicyclic amines) is 1. The highest BCUT2D eigenvalue weighted by molar-refractivity contribution is 5.85. The van der Waals surface area contributed by atoms with E-state index in [1.165, 1.54) is 0 Å². The van der Waals surface area contributed by atoms with Crippen LogP contribution < -0.4 is 0 Å². The molecule has 2 aromatic rings. The molecule has 1 unspecified atom stereocenters. The Bertz CT molecular complexity index is 831. The van der Waals surface area contributed by atoms with Crippen molar-refractivity contribution in [3.8, 4) is 17.3 Å². The number of aryl methyl sites for hydroxylation is 1. The van der Waals surface area contributed by atoms with Crippen LogP contribution in [-0.4, -0.2) is 43.6 Å². The normalized spacial score (nSPS) is 17.5. The Kier molecular flexibility index (Phi) is 5.03. The molecule has 0 aliphatic carbocycles. The van der Waals surface area contributed by atoms with Gasteiger partial charge in [0.05, 0.1) is 18.0 Å². The number of piperidine rings is 1. The molecule has 0 radical (unpaired) electrons. The van der Waals surface area contributed by atoms with Crippen LogP contribution in [-0.2, 0) is 11.8 Å². The lowest BCUT2D eigenvalue weighted by Crippen LogP contribution is -2.45. The third-order valence-corrected chi connectivity index (χ3v) is 5.25. The second kappa shape index (κ2) is 7.24. The molecule has 1 aliphatic rings. The third kappa shape index (κ3) is 3.45. The van der Waals surface area contributed by atoms with E-state index < -0.39 is 5.41 Å². The lowest BCUT2D eigenvalue weighted by molar-refractivity contribution is -0.139. The molecule has 26 heavy (non-hydrogen) atoms. The molecule has 0 aromatic carbocycles. The van der Waals surface area contributed by atoms with Crippen molar-refractivity contribution in [1.29, 1.82) is 5.26 Å². The highest BCUT2D eigenvalue weighted by Crippen LogP contribution is 2.30. The van der Waals surface area contributed by atoms with Crippen molar-refractivity contribution in [3.63, 3.8) is 0 Å². The lowest BCUT2D eigenvalue weighted by Gasteiger charge is -2.35. The van der Waals surface area contributed by atoms with Gasteiger partial charge in [0.2, 0.25) is 5.91 Å². The van der Waals surface area contributed by atoms with E-state index in [4.69, 9.17) is 4.98 Å². The fraction of sp³-hybridized carbons (Fsp3) is 0.526. The summed E-state index contributed by atoms with van der Waals surface area (Å²) < 4.78 is 1.75. The number of nitrogens with zero attached hydrogens (tertiary/aromatic N) is 6. The van der Waals surface area contributed by atoms with Gasteiger partial charge in [-0.15, -0.1) is 0 Å². The molecule has 0 spiro atoms. The van der Waals surface area contributed by atoms with Crippen molar-refractivity contribution < 1.29 is 4.79 Å². The molecule has 3 heterocycles. The van der Waals surface area contributed by atoms with Crippen molar-refractivity contribution in [1.82, 2.24) is 24.6 Å². The topological polar surface area (TPSA) is 87.7 Å². The van der Waals surface area contributed by atoms with Gasteiger partial charge in [-0.3, -0.25) is 9.48 Å². The zero-order valence-corrected chi connectivity index (χ0v) is 15.5. The Hall–Kier alpha value is -2.75. The van der Waals surface area contributed by atoms with E-state index in [0.29, 0.717) is 19.5 Å². The van der Waals surface area contributed by atoms with E-state index in [1.807, 2.05) is 31.1 Å². The number of nitriles is 1. The van der Waals surface area contributed by atoms with Crippen LogP contribution in [0.1, 0.15) is 44.9 Å². The maximum absolute atomic E-state index is 12.6. The largest absolute Gasteiger partial charge is 0.341 e. The fourth-order valence-electron chi connectivity index (χ4n) is 3.25. The van der Waals surface area contributed by atoms with Gasteiger partial charge >= 0.3 is 0 Å². The van der Waals surface area contributed by atoms with Crippen molar-refractivity contribution in [2.24, 2.45) is 12.5 Å². The molecule has 136 valence electrons. The van der Waals surface area contributed by atoms with E-state index in [1.54, 1.807) is 24.0 Å². The molecular formula is C19H24N6O. The zero-order valence-electron chi connectivity index (χ0n) is 15.5. The zero-order chi connectivity index (χ0) is 18.7. The molecule has 0 N–H and O–H groups in total. The molecule has 0 bridgehead atoms. The third-order valence-electron chi connectivity index (χ3n) is 5.25. The summed E-state index contributed by atoms with van der Waals surface area (Å²) in [4.78, 5) is 23.6.